The lowest BCUT2D eigenvalue weighted by molar-refractivity contribution is 0.0766. The van der Waals surface area contributed by atoms with Crippen molar-refractivity contribution in [3.63, 3.8) is 0 Å². The predicted molar refractivity (Wildman–Crippen MR) is 127 cm³/mol. The van der Waals surface area contributed by atoms with Gasteiger partial charge in [0.1, 0.15) is 12.4 Å². The zero-order valence-electron chi connectivity index (χ0n) is 19.7. The normalized spacial score (nSPS) is 13.8. The fourth-order valence-corrected chi connectivity index (χ4v) is 4.09. The first-order valence-corrected chi connectivity index (χ1v) is 11.3. The highest BCUT2D eigenvalue weighted by Gasteiger charge is 2.22. The summed E-state index contributed by atoms with van der Waals surface area (Å²) in [5.74, 6) is 1.75. The van der Waals surface area contributed by atoms with Gasteiger partial charge in [0.15, 0.2) is 11.5 Å². The Labute approximate surface area is 199 Å². The minimum atomic E-state index is -0.0303. The number of hydrogen-bond acceptors (Lipinski definition) is 7. The summed E-state index contributed by atoms with van der Waals surface area (Å²) < 4.78 is 16.6. The second-order valence-electron chi connectivity index (χ2n) is 8.25. The predicted octanol–water partition coefficient (Wildman–Crippen LogP) is 4.10. The molecule has 34 heavy (non-hydrogen) atoms. The molecule has 1 aromatic heterocycles. The molecule has 0 bridgehead atoms. The molecule has 0 N–H and O–H groups in total. The van der Waals surface area contributed by atoms with Crippen molar-refractivity contribution in [2.75, 3.05) is 38.2 Å². The van der Waals surface area contributed by atoms with Crippen molar-refractivity contribution in [1.82, 2.24) is 10.1 Å². The van der Waals surface area contributed by atoms with Crippen LogP contribution in [-0.2, 0) is 6.61 Å². The third-order valence-electron chi connectivity index (χ3n) is 6.11. The van der Waals surface area contributed by atoms with Crippen molar-refractivity contribution >= 4 is 11.6 Å². The molecule has 176 valence electrons. The monoisotopic (exact) mass is 460 g/mol. The number of hydrogen-bond donors (Lipinski definition) is 0. The molecule has 0 atom stereocenters. The Hall–Kier alpha value is -3.99. The SMILES string of the molecule is COc1cc(C(=O)N2CCCN(c3ccc(C#N)cc3)CC2)ccc1OCc1c(C)noc1C. The summed E-state index contributed by atoms with van der Waals surface area (Å²) >= 11 is 0. The molecule has 0 aliphatic carbocycles. The number of anilines is 1. The van der Waals surface area contributed by atoms with Crippen molar-refractivity contribution in [3.05, 3.63) is 70.6 Å². The number of carbonyl (C=O) groups is 1. The van der Waals surface area contributed by atoms with Crippen LogP contribution in [0, 0.1) is 25.2 Å². The van der Waals surface area contributed by atoms with Crippen LogP contribution in [0.2, 0.25) is 0 Å². The molecule has 0 saturated carbocycles. The largest absolute Gasteiger partial charge is 0.493 e. The number of aromatic nitrogens is 1. The minimum Gasteiger partial charge on any atom is -0.493 e. The molecular weight excluding hydrogens is 432 g/mol. The molecule has 1 aliphatic heterocycles. The van der Waals surface area contributed by atoms with Gasteiger partial charge in [0, 0.05) is 37.4 Å². The van der Waals surface area contributed by atoms with Crippen molar-refractivity contribution in [3.8, 4) is 17.6 Å². The van der Waals surface area contributed by atoms with Gasteiger partial charge in [-0.3, -0.25) is 4.79 Å². The van der Waals surface area contributed by atoms with Crippen LogP contribution in [0.15, 0.2) is 47.0 Å². The van der Waals surface area contributed by atoms with E-state index in [4.69, 9.17) is 19.3 Å². The summed E-state index contributed by atoms with van der Waals surface area (Å²) in [6.07, 6.45) is 0.863. The highest BCUT2D eigenvalue weighted by Crippen LogP contribution is 2.30. The van der Waals surface area contributed by atoms with Crippen LogP contribution in [0.3, 0.4) is 0 Å². The second-order valence-corrected chi connectivity index (χ2v) is 8.25. The molecule has 4 rings (SSSR count). The molecule has 1 saturated heterocycles. The summed E-state index contributed by atoms with van der Waals surface area (Å²) in [6, 6.07) is 15.0. The van der Waals surface area contributed by atoms with Crippen molar-refractivity contribution in [2.45, 2.75) is 26.9 Å². The summed E-state index contributed by atoms with van der Waals surface area (Å²) in [7, 11) is 1.56. The summed E-state index contributed by atoms with van der Waals surface area (Å²) in [5, 5.41) is 13.0. The Morgan fingerprint density at radius 3 is 2.56 bits per heavy atom. The first-order valence-electron chi connectivity index (χ1n) is 11.3. The number of aryl methyl sites for hydroxylation is 2. The van der Waals surface area contributed by atoms with Gasteiger partial charge in [-0.1, -0.05) is 5.16 Å². The maximum atomic E-state index is 13.2. The molecule has 1 fully saturated rings. The highest BCUT2D eigenvalue weighted by molar-refractivity contribution is 5.95. The van der Waals surface area contributed by atoms with E-state index in [-0.39, 0.29) is 5.91 Å². The molecule has 0 radical (unpaired) electrons. The Morgan fingerprint density at radius 2 is 1.88 bits per heavy atom. The molecule has 3 aromatic rings. The smallest absolute Gasteiger partial charge is 0.254 e. The van der Waals surface area contributed by atoms with Gasteiger partial charge < -0.3 is 23.8 Å². The van der Waals surface area contributed by atoms with Gasteiger partial charge >= 0.3 is 0 Å². The highest BCUT2D eigenvalue weighted by atomic mass is 16.5. The first-order chi connectivity index (χ1) is 16.5. The minimum absolute atomic E-state index is 0.0303. The van der Waals surface area contributed by atoms with E-state index in [1.807, 2.05) is 43.0 Å². The van der Waals surface area contributed by atoms with Crippen LogP contribution >= 0.6 is 0 Å². The number of amides is 1. The van der Waals surface area contributed by atoms with Gasteiger partial charge in [-0.15, -0.1) is 0 Å². The van der Waals surface area contributed by atoms with Gasteiger partial charge in [0.2, 0.25) is 0 Å². The molecule has 0 unspecified atom stereocenters. The maximum absolute atomic E-state index is 13.2. The number of nitriles is 1. The van der Waals surface area contributed by atoms with Gasteiger partial charge in [-0.05, 0) is 62.7 Å². The van der Waals surface area contributed by atoms with E-state index in [0.717, 1.165) is 42.2 Å². The van der Waals surface area contributed by atoms with Gasteiger partial charge in [0.25, 0.3) is 5.91 Å². The van der Waals surface area contributed by atoms with Crippen LogP contribution in [-0.4, -0.2) is 49.3 Å². The van der Waals surface area contributed by atoms with Crippen LogP contribution in [0.5, 0.6) is 11.5 Å². The van der Waals surface area contributed by atoms with E-state index in [0.29, 0.717) is 42.3 Å². The number of nitrogens with zero attached hydrogens (tertiary/aromatic N) is 4. The van der Waals surface area contributed by atoms with Crippen LogP contribution in [0.1, 0.15) is 39.4 Å². The van der Waals surface area contributed by atoms with Crippen LogP contribution in [0.4, 0.5) is 5.69 Å². The summed E-state index contributed by atoms with van der Waals surface area (Å²) in [5.41, 5.74) is 3.96. The van der Waals surface area contributed by atoms with E-state index in [1.54, 1.807) is 25.3 Å². The molecule has 1 aliphatic rings. The number of carbonyl (C=O) groups excluding carboxylic acids is 1. The van der Waals surface area contributed by atoms with E-state index in [1.165, 1.54) is 0 Å². The van der Waals surface area contributed by atoms with E-state index < -0.39 is 0 Å². The fourth-order valence-electron chi connectivity index (χ4n) is 4.09. The van der Waals surface area contributed by atoms with Gasteiger partial charge in [0.05, 0.1) is 30.0 Å². The Bertz CT molecular complexity index is 1180. The standard InChI is InChI=1S/C26H28N4O4/c1-18-23(19(2)34-28-18)17-33-24-10-7-21(15-25(24)32-3)26(31)30-12-4-11-29(13-14-30)22-8-5-20(16-27)6-9-22/h5-10,15H,4,11-14,17H2,1-3H3. The van der Waals surface area contributed by atoms with Gasteiger partial charge in [-0.25, -0.2) is 0 Å². The zero-order valence-corrected chi connectivity index (χ0v) is 19.7. The van der Waals surface area contributed by atoms with E-state index in [2.05, 4.69) is 16.1 Å². The molecule has 0 spiro atoms. The molecule has 1 amide bonds. The Balaban J connectivity index is 1.42. The zero-order chi connectivity index (χ0) is 24.1. The van der Waals surface area contributed by atoms with Crippen molar-refractivity contribution in [1.29, 1.82) is 5.26 Å². The fraction of sp³-hybridized carbons (Fsp3) is 0.346. The molecule has 8 nitrogen and oxygen atoms in total. The number of benzene rings is 2. The number of methoxy groups -OCH3 is 1. The lowest BCUT2D eigenvalue weighted by Crippen LogP contribution is -2.35. The molecule has 2 aromatic carbocycles. The van der Waals surface area contributed by atoms with Crippen LogP contribution in [0.25, 0.3) is 0 Å². The average molecular weight is 461 g/mol. The Kier molecular flexibility index (Phi) is 7.02. The molecule has 8 heteroatoms. The number of rotatable bonds is 6. The first kappa shape index (κ1) is 23.2. The number of ether oxygens (including phenoxy) is 2. The lowest BCUT2D eigenvalue weighted by atomic mass is 10.1. The van der Waals surface area contributed by atoms with Crippen LogP contribution < -0.4 is 14.4 Å². The third-order valence-corrected chi connectivity index (χ3v) is 6.11. The molecular formula is C26H28N4O4. The quantitative estimate of drug-likeness (QED) is 0.547. The van der Waals surface area contributed by atoms with E-state index >= 15 is 0 Å². The molecule has 2 heterocycles. The topological polar surface area (TPSA) is 91.8 Å². The van der Waals surface area contributed by atoms with Crippen molar-refractivity contribution in [2.24, 2.45) is 0 Å². The second kappa shape index (κ2) is 10.3. The Morgan fingerprint density at radius 1 is 1.09 bits per heavy atom. The summed E-state index contributed by atoms with van der Waals surface area (Å²) in [4.78, 5) is 17.4. The summed E-state index contributed by atoms with van der Waals surface area (Å²) in [6.45, 7) is 6.91. The maximum Gasteiger partial charge on any atom is 0.254 e. The lowest BCUT2D eigenvalue weighted by Gasteiger charge is -2.24. The van der Waals surface area contributed by atoms with Crippen molar-refractivity contribution < 1.29 is 18.8 Å². The third kappa shape index (κ3) is 4.99. The van der Waals surface area contributed by atoms with Gasteiger partial charge in [-0.2, -0.15) is 5.26 Å². The average Bonchev–Trinajstić information content (AvgIpc) is 3.04. The van der Waals surface area contributed by atoms with E-state index in [9.17, 15) is 4.79 Å².